The van der Waals surface area contributed by atoms with Gasteiger partial charge in [0.15, 0.2) is 0 Å². The summed E-state index contributed by atoms with van der Waals surface area (Å²) in [5.74, 6) is -0.365. The van der Waals surface area contributed by atoms with Crippen LogP contribution < -0.4 is 11.1 Å². The second-order valence-corrected chi connectivity index (χ2v) is 5.34. The van der Waals surface area contributed by atoms with Crippen LogP contribution >= 0.6 is 0 Å². The van der Waals surface area contributed by atoms with Gasteiger partial charge in [-0.05, 0) is 18.5 Å². The summed E-state index contributed by atoms with van der Waals surface area (Å²) < 4.78 is 10.8. The minimum atomic E-state index is -0.873. The van der Waals surface area contributed by atoms with Gasteiger partial charge in [0.05, 0.1) is 13.2 Å². The van der Waals surface area contributed by atoms with Crippen LogP contribution in [0.5, 0.6) is 0 Å². The second-order valence-electron chi connectivity index (χ2n) is 5.34. The first-order chi connectivity index (χ1) is 10.2. The SMILES string of the molecule is CCCNC(CCOC1COC1)(C(N)=O)c1ccccc1. The largest absolute Gasteiger partial charge is 0.376 e. The van der Waals surface area contributed by atoms with E-state index >= 15 is 0 Å². The summed E-state index contributed by atoms with van der Waals surface area (Å²) in [6.07, 6.45) is 1.60. The molecule has 1 amide bonds. The van der Waals surface area contributed by atoms with E-state index in [2.05, 4.69) is 12.2 Å². The molecule has 1 saturated heterocycles. The fourth-order valence-electron chi connectivity index (χ4n) is 2.44. The maximum Gasteiger partial charge on any atom is 0.242 e. The first kappa shape index (κ1) is 15.9. The number of hydrogen-bond donors (Lipinski definition) is 2. The summed E-state index contributed by atoms with van der Waals surface area (Å²) in [5.41, 5.74) is 5.74. The predicted molar refractivity (Wildman–Crippen MR) is 80.8 cm³/mol. The zero-order valence-corrected chi connectivity index (χ0v) is 12.5. The number of ether oxygens (including phenoxy) is 2. The van der Waals surface area contributed by atoms with Crippen LogP contribution in [0.2, 0.25) is 0 Å². The van der Waals surface area contributed by atoms with Crippen molar-refractivity contribution in [3.63, 3.8) is 0 Å². The Hall–Kier alpha value is -1.43. The first-order valence-corrected chi connectivity index (χ1v) is 7.49. The molecule has 1 fully saturated rings. The second kappa shape index (κ2) is 7.54. The van der Waals surface area contributed by atoms with E-state index in [1.54, 1.807) is 0 Å². The van der Waals surface area contributed by atoms with Crippen molar-refractivity contribution in [2.45, 2.75) is 31.4 Å². The third-order valence-electron chi connectivity index (χ3n) is 3.80. The molecule has 0 saturated carbocycles. The molecular formula is C16H24N2O3. The minimum absolute atomic E-state index is 0.150. The van der Waals surface area contributed by atoms with E-state index in [0.717, 1.165) is 18.5 Å². The zero-order chi connectivity index (χ0) is 15.1. The normalized spacial score (nSPS) is 18.0. The number of primary amides is 1. The van der Waals surface area contributed by atoms with Gasteiger partial charge in [0, 0.05) is 13.0 Å². The molecule has 5 heteroatoms. The van der Waals surface area contributed by atoms with Crippen molar-refractivity contribution in [1.29, 1.82) is 0 Å². The average Bonchev–Trinajstić information content (AvgIpc) is 2.45. The lowest BCUT2D eigenvalue weighted by Gasteiger charge is -2.34. The van der Waals surface area contributed by atoms with Crippen LogP contribution in [0.15, 0.2) is 30.3 Å². The lowest BCUT2D eigenvalue weighted by atomic mass is 9.85. The Labute approximate surface area is 125 Å². The van der Waals surface area contributed by atoms with Crippen LogP contribution in [0.25, 0.3) is 0 Å². The Morgan fingerprint density at radius 3 is 2.67 bits per heavy atom. The Balaban J connectivity index is 2.11. The molecule has 0 aliphatic carbocycles. The molecule has 1 aliphatic heterocycles. The number of nitrogens with one attached hydrogen (secondary N) is 1. The van der Waals surface area contributed by atoms with Gasteiger partial charge in [0.25, 0.3) is 0 Å². The van der Waals surface area contributed by atoms with Crippen molar-refractivity contribution < 1.29 is 14.3 Å². The summed E-state index contributed by atoms with van der Waals surface area (Å²) in [7, 11) is 0. The molecule has 3 N–H and O–H groups in total. The van der Waals surface area contributed by atoms with Crippen LogP contribution in [-0.4, -0.2) is 38.4 Å². The molecular weight excluding hydrogens is 268 g/mol. The average molecular weight is 292 g/mol. The Morgan fingerprint density at radius 1 is 1.43 bits per heavy atom. The molecule has 5 nitrogen and oxygen atoms in total. The van der Waals surface area contributed by atoms with Gasteiger partial charge >= 0.3 is 0 Å². The summed E-state index contributed by atoms with van der Waals surface area (Å²) in [5, 5.41) is 3.32. The fraction of sp³-hybridized carbons (Fsp3) is 0.562. The zero-order valence-electron chi connectivity index (χ0n) is 12.5. The van der Waals surface area contributed by atoms with E-state index in [1.165, 1.54) is 0 Å². The van der Waals surface area contributed by atoms with Crippen molar-refractivity contribution in [1.82, 2.24) is 5.32 Å². The van der Waals surface area contributed by atoms with Crippen molar-refractivity contribution >= 4 is 5.91 Å². The van der Waals surface area contributed by atoms with Gasteiger partial charge < -0.3 is 15.2 Å². The van der Waals surface area contributed by atoms with Crippen molar-refractivity contribution in [2.75, 3.05) is 26.4 Å². The van der Waals surface area contributed by atoms with Gasteiger partial charge in [-0.25, -0.2) is 0 Å². The van der Waals surface area contributed by atoms with Gasteiger partial charge in [-0.3, -0.25) is 10.1 Å². The van der Waals surface area contributed by atoms with Gasteiger partial charge in [0.1, 0.15) is 11.6 Å². The summed E-state index contributed by atoms with van der Waals surface area (Å²) in [6, 6.07) is 9.62. The van der Waals surface area contributed by atoms with E-state index in [1.807, 2.05) is 30.3 Å². The van der Waals surface area contributed by atoms with Crippen molar-refractivity contribution in [3.8, 4) is 0 Å². The highest BCUT2D eigenvalue weighted by Gasteiger charge is 2.38. The van der Waals surface area contributed by atoms with Crippen molar-refractivity contribution in [3.05, 3.63) is 35.9 Å². The van der Waals surface area contributed by atoms with E-state index in [0.29, 0.717) is 26.2 Å². The molecule has 1 heterocycles. The molecule has 1 aliphatic rings. The molecule has 1 aromatic carbocycles. The fourth-order valence-corrected chi connectivity index (χ4v) is 2.44. The summed E-state index contributed by atoms with van der Waals surface area (Å²) in [4.78, 5) is 12.2. The number of carbonyl (C=O) groups excluding carboxylic acids is 1. The number of amides is 1. The molecule has 116 valence electrons. The van der Waals surface area contributed by atoms with Gasteiger partial charge in [-0.2, -0.15) is 0 Å². The Kier molecular flexibility index (Phi) is 5.73. The standard InChI is InChI=1S/C16H24N2O3/c1-2-9-18-16(15(17)19,13-6-4-3-5-7-13)8-10-21-14-11-20-12-14/h3-7,14,18H,2,8-12H2,1H3,(H2,17,19). The lowest BCUT2D eigenvalue weighted by molar-refractivity contribution is -0.137. The van der Waals surface area contributed by atoms with E-state index in [-0.39, 0.29) is 12.0 Å². The molecule has 0 aromatic heterocycles. The quantitative estimate of drug-likeness (QED) is 0.716. The number of hydrogen-bond acceptors (Lipinski definition) is 4. The molecule has 1 aromatic rings. The van der Waals surface area contributed by atoms with E-state index < -0.39 is 5.54 Å². The predicted octanol–water partition coefficient (Wildman–Crippen LogP) is 1.17. The highest BCUT2D eigenvalue weighted by Crippen LogP contribution is 2.25. The minimum Gasteiger partial charge on any atom is -0.376 e. The van der Waals surface area contributed by atoms with E-state index in [4.69, 9.17) is 15.2 Å². The molecule has 2 rings (SSSR count). The maximum absolute atomic E-state index is 12.2. The smallest absolute Gasteiger partial charge is 0.242 e. The molecule has 0 bridgehead atoms. The Bertz CT molecular complexity index is 448. The molecule has 0 spiro atoms. The maximum atomic E-state index is 12.2. The highest BCUT2D eigenvalue weighted by atomic mass is 16.6. The van der Waals surface area contributed by atoms with Gasteiger partial charge in [-0.15, -0.1) is 0 Å². The summed E-state index contributed by atoms with van der Waals surface area (Å²) >= 11 is 0. The third-order valence-corrected chi connectivity index (χ3v) is 3.80. The first-order valence-electron chi connectivity index (χ1n) is 7.49. The topological polar surface area (TPSA) is 73.6 Å². The van der Waals surface area contributed by atoms with Gasteiger partial charge in [-0.1, -0.05) is 37.3 Å². The van der Waals surface area contributed by atoms with Crippen LogP contribution in [-0.2, 0) is 19.8 Å². The van der Waals surface area contributed by atoms with Crippen molar-refractivity contribution in [2.24, 2.45) is 5.73 Å². The molecule has 1 unspecified atom stereocenters. The van der Waals surface area contributed by atoms with E-state index in [9.17, 15) is 4.79 Å². The number of rotatable bonds is 9. The highest BCUT2D eigenvalue weighted by molar-refractivity contribution is 5.86. The molecule has 21 heavy (non-hydrogen) atoms. The number of nitrogens with two attached hydrogens (primary N) is 1. The number of carbonyl (C=O) groups is 1. The van der Waals surface area contributed by atoms with Gasteiger partial charge in [0.2, 0.25) is 5.91 Å². The lowest BCUT2D eigenvalue weighted by Crippen LogP contribution is -2.54. The Morgan fingerprint density at radius 2 is 2.14 bits per heavy atom. The van der Waals surface area contributed by atoms with Crippen LogP contribution in [0.1, 0.15) is 25.3 Å². The van der Waals surface area contributed by atoms with Crippen LogP contribution in [0.4, 0.5) is 0 Å². The molecule has 0 radical (unpaired) electrons. The number of benzene rings is 1. The molecule has 1 atom stereocenters. The van der Waals surface area contributed by atoms with Crippen LogP contribution in [0, 0.1) is 0 Å². The van der Waals surface area contributed by atoms with Crippen LogP contribution in [0.3, 0.4) is 0 Å². The monoisotopic (exact) mass is 292 g/mol. The summed E-state index contributed by atoms with van der Waals surface area (Å²) in [6.45, 7) is 4.54. The third kappa shape index (κ3) is 3.81.